The molecule has 0 aromatic carbocycles. The molecule has 0 spiro atoms. The number of hydrogen-bond acceptors (Lipinski definition) is 3. The van der Waals surface area contributed by atoms with Crippen molar-refractivity contribution in [3.05, 3.63) is 34.1 Å². The zero-order chi connectivity index (χ0) is 15.3. The lowest BCUT2D eigenvalue weighted by Gasteiger charge is -2.18. The summed E-state index contributed by atoms with van der Waals surface area (Å²) in [7, 11) is 0. The molecule has 1 N–H and O–H groups in total. The standard InChI is InChI=1S/C11H5ClF5NO2/c12-7-2-1-4-6(18-7)3-5(8(4)19)9(20)10(13,14)11(15,16)17/h1-2,19H,3H2. The molecule has 1 heterocycles. The predicted molar refractivity (Wildman–Crippen MR) is 58.5 cm³/mol. The summed E-state index contributed by atoms with van der Waals surface area (Å²) in [5.74, 6) is -8.99. The monoisotopic (exact) mass is 313 g/mol. The van der Waals surface area contributed by atoms with Gasteiger partial charge in [-0.1, -0.05) is 11.6 Å². The third-order valence-corrected chi connectivity index (χ3v) is 2.95. The van der Waals surface area contributed by atoms with Crippen molar-refractivity contribution in [2.75, 3.05) is 0 Å². The smallest absolute Gasteiger partial charge is 0.461 e. The van der Waals surface area contributed by atoms with Crippen molar-refractivity contribution in [1.29, 1.82) is 0 Å². The van der Waals surface area contributed by atoms with Crippen LogP contribution in [0, 0.1) is 0 Å². The second-order valence-electron chi connectivity index (χ2n) is 4.03. The van der Waals surface area contributed by atoms with Gasteiger partial charge in [0.2, 0.25) is 5.78 Å². The van der Waals surface area contributed by atoms with E-state index in [0.717, 1.165) is 0 Å². The summed E-state index contributed by atoms with van der Waals surface area (Å²) in [6.07, 6.45) is -6.66. The van der Waals surface area contributed by atoms with Crippen molar-refractivity contribution >= 4 is 23.1 Å². The number of halogens is 6. The van der Waals surface area contributed by atoms with Crippen LogP contribution in [0.5, 0.6) is 0 Å². The average Bonchev–Trinajstić information content (AvgIpc) is 2.63. The maximum atomic E-state index is 13.0. The molecule has 9 heteroatoms. The lowest BCUT2D eigenvalue weighted by molar-refractivity contribution is -0.266. The normalized spacial score (nSPS) is 15.5. The van der Waals surface area contributed by atoms with Crippen molar-refractivity contribution in [2.24, 2.45) is 0 Å². The van der Waals surface area contributed by atoms with Gasteiger partial charge in [-0.05, 0) is 12.1 Å². The first kappa shape index (κ1) is 14.7. The Morgan fingerprint density at radius 2 is 1.85 bits per heavy atom. The molecule has 1 aromatic rings. The Balaban J connectivity index is 2.42. The number of aliphatic hydroxyl groups is 1. The number of carbonyl (C=O) groups is 1. The number of aliphatic hydroxyl groups excluding tert-OH is 1. The van der Waals surface area contributed by atoms with Crippen molar-refractivity contribution in [3.8, 4) is 0 Å². The van der Waals surface area contributed by atoms with Crippen LogP contribution in [-0.2, 0) is 11.2 Å². The van der Waals surface area contributed by atoms with Gasteiger partial charge in [0.05, 0.1) is 11.3 Å². The maximum Gasteiger partial charge on any atom is 0.461 e. The summed E-state index contributed by atoms with van der Waals surface area (Å²) in [6, 6.07) is 2.40. The zero-order valence-electron chi connectivity index (χ0n) is 9.43. The first-order valence-electron chi connectivity index (χ1n) is 5.13. The molecular weight excluding hydrogens is 309 g/mol. The molecule has 0 saturated heterocycles. The first-order chi connectivity index (χ1) is 9.05. The van der Waals surface area contributed by atoms with Crippen molar-refractivity contribution in [3.63, 3.8) is 0 Å². The van der Waals surface area contributed by atoms with Crippen molar-refractivity contribution < 1.29 is 31.9 Å². The number of rotatable bonds is 2. The van der Waals surface area contributed by atoms with E-state index in [1.54, 1.807) is 0 Å². The minimum atomic E-state index is -6.03. The zero-order valence-corrected chi connectivity index (χ0v) is 10.2. The number of fused-ring (bicyclic) bond motifs is 1. The van der Waals surface area contributed by atoms with Gasteiger partial charge in [0.15, 0.2) is 0 Å². The highest BCUT2D eigenvalue weighted by atomic mass is 35.5. The van der Waals surface area contributed by atoms with E-state index >= 15 is 0 Å². The summed E-state index contributed by atoms with van der Waals surface area (Å²) in [6.45, 7) is 0. The van der Waals surface area contributed by atoms with Crippen LogP contribution in [0.1, 0.15) is 11.3 Å². The molecule has 3 nitrogen and oxygen atoms in total. The van der Waals surface area contributed by atoms with E-state index in [2.05, 4.69) is 4.98 Å². The van der Waals surface area contributed by atoms with Gasteiger partial charge in [0, 0.05) is 12.0 Å². The van der Waals surface area contributed by atoms with Crippen LogP contribution >= 0.6 is 11.6 Å². The SMILES string of the molecule is O=C(C1=C(O)c2ccc(Cl)nc2C1)C(F)(F)C(F)(F)F. The number of carbonyl (C=O) groups excluding carboxylic acids is 1. The summed E-state index contributed by atoms with van der Waals surface area (Å²) >= 11 is 5.54. The molecule has 2 rings (SSSR count). The van der Waals surface area contributed by atoms with Crippen LogP contribution in [0.4, 0.5) is 22.0 Å². The molecule has 0 unspecified atom stereocenters. The van der Waals surface area contributed by atoms with Gasteiger partial charge < -0.3 is 5.11 Å². The Morgan fingerprint density at radius 3 is 2.40 bits per heavy atom. The minimum Gasteiger partial charge on any atom is -0.507 e. The van der Waals surface area contributed by atoms with Crippen molar-refractivity contribution in [2.45, 2.75) is 18.5 Å². The van der Waals surface area contributed by atoms with Gasteiger partial charge in [0.25, 0.3) is 0 Å². The quantitative estimate of drug-likeness (QED) is 0.673. The van der Waals surface area contributed by atoms with Gasteiger partial charge in [-0.2, -0.15) is 22.0 Å². The number of pyridine rings is 1. The van der Waals surface area contributed by atoms with Crippen LogP contribution in [0.15, 0.2) is 17.7 Å². The Hall–Kier alpha value is -1.70. The third kappa shape index (κ3) is 2.13. The largest absolute Gasteiger partial charge is 0.507 e. The molecule has 1 aliphatic carbocycles. The summed E-state index contributed by atoms with van der Waals surface area (Å²) < 4.78 is 62.4. The molecule has 0 aliphatic heterocycles. The fraction of sp³-hybridized carbons (Fsp3) is 0.273. The lowest BCUT2D eigenvalue weighted by atomic mass is 10.0. The highest BCUT2D eigenvalue weighted by molar-refractivity contribution is 6.29. The van der Waals surface area contributed by atoms with Gasteiger partial charge in [0.1, 0.15) is 10.9 Å². The van der Waals surface area contributed by atoms with Crippen LogP contribution in [0.25, 0.3) is 5.76 Å². The number of aromatic nitrogens is 1. The van der Waals surface area contributed by atoms with E-state index in [-0.39, 0.29) is 16.4 Å². The van der Waals surface area contributed by atoms with Crippen LogP contribution in [0.2, 0.25) is 5.15 Å². The predicted octanol–water partition coefficient (Wildman–Crippen LogP) is 3.33. The van der Waals surface area contributed by atoms with E-state index in [0.29, 0.717) is 0 Å². The molecule has 0 radical (unpaired) electrons. The molecule has 0 bridgehead atoms. The molecule has 1 aromatic heterocycles. The Morgan fingerprint density at radius 1 is 1.25 bits per heavy atom. The second kappa shape index (κ2) is 4.41. The van der Waals surface area contributed by atoms with E-state index in [1.165, 1.54) is 12.1 Å². The van der Waals surface area contributed by atoms with E-state index < -0.39 is 35.6 Å². The van der Waals surface area contributed by atoms with E-state index in [1.807, 2.05) is 0 Å². The fourth-order valence-electron chi connectivity index (χ4n) is 1.74. The van der Waals surface area contributed by atoms with Crippen LogP contribution in [0.3, 0.4) is 0 Å². The highest BCUT2D eigenvalue weighted by Gasteiger charge is 2.64. The molecule has 0 atom stereocenters. The molecular formula is C11H5ClF5NO2. The van der Waals surface area contributed by atoms with Crippen molar-refractivity contribution in [1.82, 2.24) is 4.98 Å². The number of Topliss-reactive ketones (excluding diaryl/α,β-unsaturated/α-hetero) is 1. The molecule has 0 saturated carbocycles. The second-order valence-corrected chi connectivity index (χ2v) is 4.42. The van der Waals surface area contributed by atoms with Crippen LogP contribution in [-0.4, -0.2) is 28.0 Å². The van der Waals surface area contributed by atoms with Crippen LogP contribution < -0.4 is 0 Å². The molecule has 0 amide bonds. The lowest BCUT2D eigenvalue weighted by Crippen LogP contribution is -2.45. The average molecular weight is 314 g/mol. The molecule has 0 fully saturated rings. The Bertz CT molecular complexity index is 624. The molecule has 108 valence electrons. The van der Waals surface area contributed by atoms with E-state index in [4.69, 9.17) is 11.6 Å². The number of nitrogens with zero attached hydrogens (tertiary/aromatic N) is 1. The highest BCUT2D eigenvalue weighted by Crippen LogP contribution is 2.41. The summed E-state index contributed by atoms with van der Waals surface area (Å²) in [5.41, 5.74) is -1.15. The van der Waals surface area contributed by atoms with Gasteiger partial charge in [-0.25, -0.2) is 4.98 Å². The van der Waals surface area contributed by atoms with Gasteiger partial charge >= 0.3 is 12.1 Å². The summed E-state index contributed by atoms with van der Waals surface area (Å²) in [4.78, 5) is 15.0. The van der Waals surface area contributed by atoms with Gasteiger partial charge in [-0.3, -0.25) is 4.79 Å². The number of hydrogen-bond donors (Lipinski definition) is 1. The Labute approximate surface area is 113 Å². The number of alkyl halides is 5. The van der Waals surface area contributed by atoms with Gasteiger partial charge in [-0.15, -0.1) is 0 Å². The summed E-state index contributed by atoms with van der Waals surface area (Å²) in [5, 5.41) is 9.57. The molecule has 20 heavy (non-hydrogen) atoms. The maximum absolute atomic E-state index is 13.0. The minimum absolute atomic E-state index is 0.0312. The molecule has 1 aliphatic rings. The third-order valence-electron chi connectivity index (χ3n) is 2.74. The number of ketones is 1. The first-order valence-corrected chi connectivity index (χ1v) is 5.50. The van der Waals surface area contributed by atoms with E-state index in [9.17, 15) is 31.9 Å². The topological polar surface area (TPSA) is 50.2 Å². The Kier molecular flexibility index (Phi) is 3.24. The number of allylic oxidation sites excluding steroid dienone is 1. The fourth-order valence-corrected chi connectivity index (χ4v) is 1.91.